The van der Waals surface area contributed by atoms with Crippen molar-refractivity contribution < 1.29 is 0 Å². The van der Waals surface area contributed by atoms with Crippen LogP contribution in [0, 0.1) is 11.8 Å². The van der Waals surface area contributed by atoms with Crippen molar-refractivity contribution in [3.05, 3.63) is 0 Å². The van der Waals surface area contributed by atoms with Gasteiger partial charge in [-0.15, -0.1) is 0 Å². The third kappa shape index (κ3) is 4.18. The molecule has 0 bridgehead atoms. The van der Waals surface area contributed by atoms with Crippen LogP contribution in [0.1, 0.15) is 65.2 Å². The minimum atomic E-state index is 0.308. The van der Waals surface area contributed by atoms with Gasteiger partial charge in [0.25, 0.3) is 0 Å². The molecule has 1 saturated carbocycles. The molecule has 3 N–H and O–H groups in total. The second kappa shape index (κ2) is 7.85. The van der Waals surface area contributed by atoms with Gasteiger partial charge in [0, 0.05) is 12.3 Å². The molecule has 19 heavy (non-hydrogen) atoms. The third-order valence-corrected chi connectivity index (χ3v) is 4.61. The smallest absolute Gasteiger partial charge is 0.109 e. The lowest BCUT2D eigenvalue weighted by Gasteiger charge is -2.41. The van der Waals surface area contributed by atoms with Gasteiger partial charge in [0.15, 0.2) is 0 Å². The Hall–Kier alpha value is -0.610. The summed E-state index contributed by atoms with van der Waals surface area (Å²) in [4.78, 5) is 0. The van der Waals surface area contributed by atoms with Gasteiger partial charge in [-0.2, -0.15) is 5.10 Å². The van der Waals surface area contributed by atoms with E-state index >= 15 is 0 Å². The first-order valence-corrected chi connectivity index (χ1v) is 8.14. The Morgan fingerprint density at radius 1 is 1.26 bits per heavy atom. The Bertz CT molecular complexity index is 288. The van der Waals surface area contributed by atoms with Gasteiger partial charge in [-0.1, -0.05) is 33.1 Å². The largest absolute Gasteiger partial charge is 0.291 e. The zero-order chi connectivity index (χ0) is 13.5. The van der Waals surface area contributed by atoms with Crippen molar-refractivity contribution in [2.75, 3.05) is 6.54 Å². The van der Waals surface area contributed by atoms with Crippen molar-refractivity contribution in [1.82, 2.24) is 16.3 Å². The topological polar surface area (TPSA) is 48.5 Å². The summed E-state index contributed by atoms with van der Waals surface area (Å²) in [5, 5.41) is 4.66. The van der Waals surface area contributed by atoms with Gasteiger partial charge in [0.2, 0.25) is 0 Å². The molecule has 3 unspecified atom stereocenters. The van der Waals surface area contributed by atoms with E-state index in [1.165, 1.54) is 44.2 Å². The fourth-order valence-electron chi connectivity index (χ4n) is 3.32. The lowest BCUT2D eigenvalue weighted by Crippen LogP contribution is -2.61. The van der Waals surface area contributed by atoms with Gasteiger partial charge in [-0.25, -0.2) is 5.43 Å². The van der Waals surface area contributed by atoms with Crippen LogP contribution in [0.2, 0.25) is 0 Å². The van der Waals surface area contributed by atoms with E-state index in [1.54, 1.807) is 0 Å². The number of unbranched alkanes of at least 4 members (excludes halogenated alkanes) is 1. The molecule has 1 aliphatic carbocycles. The quantitative estimate of drug-likeness (QED) is 0.512. The molecular weight excluding hydrogens is 236 g/mol. The monoisotopic (exact) mass is 266 g/mol. The average Bonchev–Trinajstić information content (AvgIpc) is 2.47. The predicted octanol–water partition coefficient (Wildman–Crippen LogP) is 2.77. The molecule has 2 rings (SSSR count). The molecule has 0 amide bonds. The maximum atomic E-state index is 4.66. The molecule has 110 valence electrons. The van der Waals surface area contributed by atoms with E-state index in [2.05, 4.69) is 35.2 Å². The maximum Gasteiger partial charge on any atom is 0.109 e. The van der Waals surface area contributed by atoms with Crippen LogP contribution >= 0.6 is 0 Å². The zero-order valence-electron chi connectivity index (χ0n) is 12.5. The number of fused-ring (bicyclic) bond motifs is 1. The second-order valence-electron chi connectivity index (χ2n) is 5.98. The summed E-state index contributed by atoms with van der Waals surface area (Å²) in [5.74, 6) is 1.56. The van der Waals surface area contributed by atoms with Crippen LogP contribution in [0.15, 0.2) is 5.10 Å². The lowest BCUT2D eigenvalue weighted by molar-refractivity contribution is 0.0995. The molecular formula is C15H30N4. The van der Waals surface area contributed by atoms with E-state index in [0.717, 1.165) is 31.2 Å². The second-order valence-corrected chi connectivity index (χ2v) is 5.98. The Morgan fingerprint density at radius 2 is 2.11 bits per heavy atom. The third-order valence-electron chi connectivity index (χ3n) is 4.61. The number of rotatable bonds is 6. The van der Waals surface area contributed by atoms with Crippen molar-refractivity contribution in [3.63, 3.8) is 0 Å². The van der Waals surface area contributed by atoms with Crippen LogP contribution in [-0.4, -0.2) is 18.4 Å². The number of nitrogens with one attached hydrogen (secondary N) is 3. The summed E-state index contributed by atoms with van der Waals surface area (Å²) in [5.41, 5.74) is 11.4. The Morgan fingerprint density at radius 3 is 2.89 bits per heavy atom. The Balaban J connectivity index is 1.87. The molecule has 3 atom stereocenters. The van der Waals surface area contributed by atoms with Crippen LogP contribution in [0.3, 0.4) is 0 Å². The molecule has 4 heteroatoms. The molecule has 1 saturated heterocycles. The van der Waals surface area contributed by atoms with Gasteiger partial charge in [-0.3, -0.25) is 10.9 Å². The molecule has 1 heterocycles. The van der Waals surface area contributed by atoms with Crippen LogP contribution in [0.5, 0.6) is 0 Å². The lowest BCUT2D eigenvalue weighted by atomic mass is 9.77. The number of hydrogen-bond donors (Lipinski definition) is 3. The Kier molecular flexibility index (Phi) is 6.11. The zero-order valence-corrected chi connectivity index (χ0v) is 12.5. The normalized spacial score (nSPS) is 31.9. The number of hydrogen-bond acceptors (Lipinski definition) is 4. The SMILES string of the molecule is CCCC/C(CC)=N\NC1NNCC2CCCCC21. The van der Waals surface area contributed by atoms with Crippen molar-refractivity contribution in [1.29, 1.82) is 0 Å². The maximum absolute atomic E-state index is 4.66. The molecule has 0 radical (unpaired) electrons. The van der Waals surface area contributed by atoms with Crippen LogP contribution in [0.25, 0.3) is 0 Å². The van der Waals surface area contributed by atoms with Crippen LogP contribution in [-0.2, 0) is 0 Å². The summed E-state index contributed by atoms with van der Waals surface area (Å²) < 4.78 is 0. The van der Waals surface area contributed by atoms with E-state index in [-0.39, 0.29) is 0 Å². The average molecular weight is 266 g/mol. The Labute approximate surface area is 117 Å². The summed E-state index contributed by atoms with van der Waals surface area (Å²) in [6.07, 6.45) is 10.5. The summed E-state index contributed by atoms with van der Waals surface area (Å²) >= 11 is 0. The van der Waals surface area contributed by atoms with Crippen molar-refractivity contribution in [3.8, 4) is 0 Å². The summed E-state index contributed by atoms with van der Waals surface area (Å²) in [6.45, 7) is 5.55. The first kappa shape index (κ1) is 14.8. The number of nitrogens with zero attached hydrogens (tertiary/aromatic N) is 1. The van der Waals surface area contributed by atoms with Crippen molar-refractivity contribution >= 4 is 5.71 Å². The van der Waals surface area contributed by atoms with Gasteiger partial charge < -0.3 is 0 Å². The van der Waals surface area contributed by atoms with Gasteiger partial charge in [0.05, 0.1) is 0 Å². The summed E-state index contributed by atoms with van der Waals surface area (Å²) in [7, 11) is 0. The first-order valence-electron chi connectivity index (χ1n) is 8.14. The highest BCUT2D eigenvalue weighted by Gasteiger charge is 2.34. The highest BCUT2D eigenvalue weighted by Crippen LogP contribution is 2.32. The molecule has 2 aliphatic rings. The fraction of sp³-hybridized carbons (Fsp3) is 0.933. The van der Waals surface area contributed by atoms with Crippen molar-refractivity contribution in [2.45, 2.75) is 71.4 Å². The number of hydrazone groups is 1. The van der Waals surface area contributed by atoms with Crippen LogP contribution < -0.4 is 16.3 Å². The molecule has 0 aromatic rings. The van der Waals surface area contributed by atoms with E-state index in [0.29, 0.717) is 6.17 Å². The minimum absolute atomic E-state index is 0.308. The molecule has 4 nitrogen and oxygen atoms in total. The molecule has 2 fully saturated rings. The standard InChI is InChI=1S/C15H30N4/c1-3-5-9-13(4-2)17-19-15-14-10-7-6-8-12(14)11-16-18-15/h12,14-16,18-19H,3-11H2,1-2H3/b17-13-. The van der Waals surface area contributed by atoms with E-state index in [1.807, 2.05) is 0 Å². The van der Waals surface area contributed by atoms with Gasteiger partial charge in [-0.05, 0) is 43.9 Å². The molecule has 1 aliphatic heterocycles. The molecule has 0 spiro atoms. The van der Waals surface area contributed by atoms with E-state index in [4.69, 9.17) is 0 Å². The molecule has 0 aromatic carbocycles. The number of hydrazine groups is 1. The fourth-order valence-corrected chi connectivity index (χ4v) is 3.32. The van der Waals surface area contributed by atoms with E-state index in [9.17, 15) is 0 Å². The van der Waals surface area contributed by atoms with Crippen molar-refractivity contribution in [2.24, 2.45) is 16.9 Å². The van der Waals surface area contributed by atoms with Crippen LogP contribution in [0.4, 0.5) is 0 Å². The highest BCUT2D eigenvalue weighted by atomic mass is 15.5. The van der Waals surface area contributed by atoms with E-state index < -0.39 is 0 Å². The highest BCUT2D eigenvalue weighted by molar-refractivity contribution is 5.83. The van der Waals surface area contributed by atoms with Gasteiger partial charge in [0.1, 0.15) is 6.17 Å². The molecule has 0 aromatic heterocycles. The minimum Gasteiger partial charge on any atom is -0.291 e. The summed E-state index contributed by atoms with van der Waals surface area (Å²) in [6, 6.07) is 0. The first-order chi connectivity index (χ1) is 9.35. The predicted molar refractivity (Wildman–Crippen MR) is 80.8 cm³/mol. The van der Waals surface area contributed by atoms with Gasteiger partial charge >= 0.3 is 0 Å².